The van der Waals surface area contributed by atoms with Gasteiger partial charge >= 0.3 is 5.97 Å². The fourth-order valence-electron chi connectivity index (χ4n) is 5.79. The number of hydrogen-bond donors (Lipinski definition) is 2. The number of pyridine rings is 1. The van der Waals surface area contributed by atoms with Gasteiger partial charge in [-0.1, -0.05) is 0 Å². The number of aromatic nitrogens is 1. The van der Waals surface area contributed by atoms with E-state index < -0.39 is 34.9 Å². The molecule has 0 aliphatic carbocycles. The Morgan fingerprint density at radius 1 is 1.15 bits per heavy atom. The molecule has 2 N–H and O–H groups in total. The molecule has 2 aromatic carbocycles. The van der Waals surface area contributed by atoms with Gasteiger partial charge in [0.15, 0.2) is 17.5 Å². The van der Waals surface area contributed by atoms with E-state index in [-0.39, 0.29) is 6.42 Å². The predicted molar refractivity (Wildman–Crippen MR) is 142 cm³/mol. The lowest BCUT2D eigenvalue weighted by Crippen LogP contribution is -2.41. The van der Waals surface area contributed by atoms with E-state index in [9.17, 15) is 28.2 Å². The van der Waals surface area contributed by atoms with Crippen LogP contribution in [0.3, 0.4) is 0 Å². The van der Waals surface area contributed by atoms with Gasteiger partial charge in [0.25, 0.3) is 0 Å². The molecule has 1 aliphatic rings. The van der Waals surface area contributed by atoms with Crippen molar-refractivity contribution in [2.24, 2.45) is 5.41 Å². The summed E-state index contributed by atoms with van der Waals surface area (Å²) in [6.07, 6.45) is 4.41. The summed E-state index contributed by atoms with van der Waals surface area (Å²) in [5, 5.41) is 21.8. The third-order valence-corrected chi connectivity index (χ3v) is 8.02. The van der Waals surface area contributed by atoms with Crippen molar-refractivity contribution in [2.75, 3.05) is 26.7 Å². The van der Waals surface area contributed by atoms with Gasteiger partial charge in [-0.05, 0) is 118 Å². The molecule has 0 radical (unpaired) electrons. The zero-order valence-electron chi connectivity index (χ0n) is 22.4. The number of aliphatic hydroxyl groups excluding tert-OH is 1. The van der Waals surface area contributed by atoms with Gasteiger partial charge in [0.05, 0.1) is 25.2 Å². The normalized spacial score (nSPS) is 16.4. The average molecular weight is 545 g/mol. The number of hydrogen-bond acceptors (Lipinski definition) is 5. The highest BCUT2D eigenvalue weighted by molar-refractivity contribution is 5.84. The van der Waals surface area contributed by atoms with E-state index in [1.165, 1.54) is 0 Å². The molecule has 1 unspecified atom stereocenters. The molecule has 2 heterocycles. The molecule has 6 nitrogen and oxygen atoms in total. The molecule has 0 amide bonds. The van der Waals surface area contributed by atoms with E-state index in [1.807, 2.05) is 25.1 Å². The minimum absolute atomic E-state index is 0.0333. The number of benzene rings is 2. The fourth-order valence-corrected chi connectivity index (χ4v) is 5.79. The quantitative estimate of drug-likeness (QED) is 0.290. The number of carbonyl (C=O) groups is 1. The maximum atomic E-state index is 13.5. The van der Waals surface area contributed by atoms with E-state index in [1.54, 1.807) is 13.3 Å². The Morgan fingerprint density at radius 3 is 2.49 bits per heavy atom. The molecule has 3 aromatic rings. The highest BCUT2D eigenvalue weighted by atomic mass is 19.2. The topological polar surface area (TPSA) is 82.9 Å². The minimum atomic E-state index is -1.46. The van der Waals surface area contributed by atoms with Crippen molar-refractivity contribution in [2.45, 2.75) is 58.0 Å². The van der Waals surface area contributed by atoms with Crippen LogP contribution in [0.25, 0.3) is 10.9 Å². The third kappa shape index (κ3) is 6.89. The monoisotopic (exact) mass is 544 g/mol. The van der Waals surface area contributed by atoms with Crippen LogP contribution in [0, 0.1) is 29.8 Å². The number of carboxylic acid groups (broad SMARTS) is 1. The number of methoxy groups -OCH3 is 1. The zero-order valence-corrected chi connectivity index (χ0v) is 22.4. The first-order valence-electron chi connectivity index (χ1n) is 13.3. The summed E-state index contributed by atoms with van der Waals surface area (Å²) < 4.78 is 45.5. The highest BCUT2D eigenvalue weighted by Crippen LogP contribution is 2.42. The smallest absolute Gasteiger partial charge is 0.303 e. The van der Waals surface area contributed by atoms with Gasteiger partial charge in [0.2, 0.25) is 0 Å². The van der Waals surface area contributed by atoms with Crippen LogP contribution in [0.5, 0.6) is 5.75 Å². The SMILES string of the molecule is COc1ccc2ncc(C)c(C(O)CCC3(CC(=O)O)CCN(CCCc4cc(F)c(F)c(F)c4)CC3)c2c1. The molecule has 4 rings (SSSR count). The average Bonchev–Trinajstić information content (AvgIpc) is 2.90. The third-order valence-electron chi connectivity index (χ3n) is 8.02. The molecule has 0 saturated carbocycles. The van der Waals surface area contributed by atoms with Gasteiger partial charge in [0.1, 0.15) is 5.75 Å². The molecule has 1 fully saturated rings. The van der Waals surface area contributed by atoms with Crippen LogP contribution in [0.1, 0.15) is 61.3 Å². The summed E-state index contributed by atoms with van der Waals surface area (Å²) in [6.45, 7) is 4.00. The lowest BCUT2D eigenvalue weighted by molar-refractivity contribution is -0.141. The molecule has 1 aliphatic heterocycles. The fraction of sp³-hybridized carbons (Fsp3) is 0.467. The Hall–Kier alpha value is -3.17. The van der Waals surface area contributed by atoms with Crippen molar-refractivity contribution in [3.8, 4) is 5.75 Å². The Morgan fingerprint density at radius 2 is 1.85 bits per heavy atom. The van der Waals surface area contributed by atoms with Gasteiger partial charge in [-0.3, -0.25) is 9.78 Å². The molecule has 210 valence electrons. The summed E-state index contributed by atoms with van der Waals surface area (Å²) in [4.78, 5) is 18.5. The van der Waals surface area contributed by atoms with Gasteiger partial charge in [-0.25, -0.2) is 13.2 Å². The first-order valence-corrected chi connectivity index (χ1v) is 13.3. The van der Waals surface area contributed by atoms with Crippen LogP contribution in [-0.2, 0) is 11.2 Å². The molecule has 0 bridgehead atoms. The first kappa shape index (κ1) is 28.8. The van der Waals surface area contributed by atoms with E-state index >= 15 is 0 Å². The number of piperidine rings is 1. The second-order valence-electron chi connectivity index (χ2n) is 10.7. The Kier molecular flexibility index (Phi) is 9.12. The number of rotatable bonds is 11. The zero-order chi connectivity index (χ0) is 28.2. The van der Waals surface area contributed by atoms with Crippen molar-refractivity contribution in [3.63, 3.8) is 0 Å². The summed E-state index contributed by atoms with van der Waals surface area (Å²) in [5.74, 6) is -4.00. The van der Waals surface area contributed by atoms with Crippen LogP contribution in [0.15, 0.2) is 36.5 Å². The Balaban J connectivity index is 1.38. The number of aryl methyl sites for hydroxylation is 2. The molecular weight excluding hydrogens is 509 g/mol. The van der Waals surface area contributed by atoms with Crippen LogP contribution in [-0.4, -0.2) is 52.8 Å². The Labute approximate surface area is 226 Å². The Bertz CT molecular complexity index is 1300. The number of ether oxygens (including phenoxy) is 1. The van der Waals surface area contributed by atoms with E-state index in [0.717, 1.165) is 34.2 Å². The van der Waals surface area contributed by atoms with Crippen molar-refractivity contribution < 1.29 is 32.9 Å². The van der Waals surface area contributed by atoms with Gasteiger partial charge in [0, 0.05) is 11.6 Å². The van der Waals surface area contributed by atoms with Crippen molar-refractivity contribution in [1.29, 1.82) is 0 Å². The van der Waals surface area contributed by atoms with E-state index in [0.29, 0.717) is 69.5 Å². The summed E-state index contributed by atoms with van der Waals surface area (Å²) in [6, 6.07) is 7.61. The van der Waals surface area contributed by atoms with Crippen LogP contribution in [0.2, 0.25) is 0 Å². The molecule has 9 heteroatoms. The molecule has 1 aromatic heterocycles. The number of nitrogens with zero attached hydrogens (tertiary/aromatic N) is 2. The summed E-state index contributed by atoms with van der Waals surface area (Å²) in [7, 11) is 1.59. The van der Waals surface area contributed by atoms with Crippen molar-refractivity contribution >= 4 is 16.9 Å². The van der Waals surface area contributed by atoms with Crippen molar-refractivity contribution in [3.05, 3.63) is 70.7 Å². The maximum absolute atomic E-state index is 13.5. The number of aliphatic hydroxyl groups is 1. The second kappa shape index (κ2) is 12.3. The summed E-state index contributed by atoms with van der Waals surface area (Å²) in [5.41, 5.74) is 2.40. The van der Waals surface area contributed by atoms with Gasteiger partial charge in [-0.2, -0.15) is 0 Å². The van der Waals surface area contributed by atoms with Crippen molar-refractivity contribution in [1.82, 2.24) is 9.88 Å². The predicted octanol–water partition coefficient (Wildman–Crippen LogP) is 5.97. The number of aliphatic carboxylic acids is 1. The highest BCUT2D eigenvalue weighted by Gasteiger charge is 2.37. The van der Waals surface area contributed by atoms with Gasteiger partial charge in [-0.15, -0.1) is 0 Å². The standard InChI is InChI=1S/C30H35F3N2O4/c1-19-18-34-25-6-5-21(39-2)16-22(25)28(19)26(36)7-8-30(17-27(37)38)9-12-35(13-10-30)11-3-4-20-14-23(31)29(33)24(32)15-20/h5-6,14-16,18,26,36H,3-4,7-13,17H2,1-2H3,(H,37,38). The molecule has 0 spiro atoms. The number of fused-ring (bicyclic) bond motifs is 1. The molecule has 39 heavy (non-hydrogen) atoms. The molecule has 1 atom stereocenters. The van der Waals surface area contributed by atoms with Crippen LogP contribution in [0.4, 0.5) is 13.2 Å². The van der Waals surface area contributed by atoms with E-state index in [4.69, 9.17) is 4.74 Å². The largest absolute Gasteiger partial charge is 0.497 e. The summed E-state index contributed by atoms with van der Waals surface area (Å²) >= 11 is 0. The number of carboxylic acids is 1. The minimum Gasteiger partial charge on any atom is -0.497 e. The van der Waals surface area contributed by atoms with Crippen LogP contribution < -0.4 is 4.74 Å². The number of halogens is 3. The van der Waals surface area contributed by atoms with Crippen LogP contribution >= 0.6 is 0 Å². The number of likely N-dealkylation sites (tertiary alicyclic amines) is 1. The van der Waals surface area contributed by atoms with Gasteiger partial charge < -0.3 is 19.8 Å². The lowest BCUT2D eigenvalue weighted by Gasteiger charge is -2.41. The molecule has 1 saturated heterocycles. The molecular formula is C30H35F3N2O4. The second-order valence-corrected chi connectivity index (χ2v) is 10.7. The lowest BCUT2D eigenvalue weighted by atomic mass is 9.71. The van der Waals surface area contributed by atoms with E-state index in [2.05, 4.69) is 9.88 Å². The first-order chi connectivity index (χ1) is 18.6. The maximum Gasteiger partial charge on any atom is 0.303 e.